The molecule has 3 nitrogen and oxygen atoms in total. The van der Waals surface area contributed by atoms with Gasteiger partial charge in [0.05, 0.1) is 6.42 Å². The number of piperidine rings is 1. The number of hydrogen-bond donors (Lipinski definition) is 1. The van der Waals surface area contributed by atoms with Crippen LogP contribution in [0.5, 0.6) is 0 Å². The average molecular weight is 391 g/mol. The molecule has 1 N–H and O–H groups in total. The van der Waals surface area contributed by atoms with Gasteiger partial charge in [-0.1, -0.05) is 60.7 Å². The number of likely N-dealkylation sites (tertiary alicyclic amines) is 1. The summed E-state index contributed by atoms with van der Waals surface area (Å²) in [5.74, 6) is 0.442. The van der Waals surface area contributed by atoms with Gasteiger partial charge in [0.15, 0.2) is 0 Å². The Morgan fingerprint density at radius 1 is 0.966 bits per heavy atom. The average Bonchev–Trinajstić information content (AvgIpc) is 2.75. The SMILES string of the molecule is O=C(Cc1ccc2ccccc2c1)NCC1CCN(Cc2ccccc2F)CC1. The fourth-order valence-electron chi connectivity index (χ4n) is 4.07. The van der Waals surface area contributed by atoms with E-state index in [-0.39, 0.29) is 11.7 Å². The first-order valence-corrected chi connectivity index (χ1v) is 10.4. The summed E-state index contributed by atoms with van der Waals surface area (Å²) in [4.78, 5) is 14.7. The second-order valence-electron chi connectivity index (χ2n) is 7.97. The maximum atomic E-state index is 13.8. The Kier molecular flexibility index (Phi) is 6.20. The highest BCUT2D eigenvalue weighted by molar-refractivity contribution is 5.85. The van der Waals surface area contributed by atoms with Crippen LogP contribution >= 0.6 is 0 Å². The highest BCUT2D eigenvalue weighted by Crippen LogP contribution is 2.20. The van der Waals surface area contributed by atoms with Crippen molar-refractivity contribution < 1.29 is 9.18 Å². The van der Waals surface area contributed by atoms with Crippen LogP contribution in [0.3, 0.4) is 0 Å². The molecule has 0 aromatic heterocycles. The van der Waals surface area contributed by atoms with E-state index in [0.717, 1.165) is 43.6 Å². The number of fused-ring (bicyclic) bond motifs is 1. The fraction of sp³-hybridized carbons (Fsp3) is 0.320. The van der Waals surface area contributed by atoms with Crippen LogP contribution in [0.15, 0.2) is 66.7 Å². The molecule has 0 radical (unpaired) electrons. The Balaban J connectivity index is 1.21. The first-order chi connectivity index (χ1) is 14.2. The van der Waals surface area contributed by atoms with Gasteiger partial charge in [0.25, 0.3) is 0 Å². The van der Waals surface area contributed by atoms with Gasteiger partial charge in [-0.25, -0.2) is 4.39 Å². The number of nitrogens with zero attached hydrogens (tertiary/aromatic N) is 1. The van der Waals surface area contributed by atoms with Crippen molar-refractivity contribution >= 4 is 16.7 Å². The van der Waals surface area contributed by atoms with Crippen LogP contribution in [0.25, 0.3) is 10.8 Å². The van der Waals surface area contributed by atoms with Gasteiger partial charge in [0, 0.05) is 18.7 Å². The van der Waals surface area contributed by atoms with Crippen LogP contribution in [-0.2, 0) is 17.8 Å². The predicted octanol–water partition coefficient (Wildman–Crippen LogP) is 4.55. The van der Waals surface area contributed by atoms with Crippen molar-refractivity contribution in [1.29, 1.82) is 0 Å². The highest BCUT2D eigenvalue weighted by Gasteiger charge is 2.20. The molecule has 1 aliphatic heterocycles. The highest BCUT2D eigenvalue weighted by atomic mass is 19.1. The second kappa shape index (κ2) is 9.19. The van der Waals surface area contributed by atoms with Gasteiger partial charge >= 0.3 is 0 Å². The zero-order chi connectivity index (χ0) is 20.1. The fourth-order valence-corrected chi connectivity index (χ4v) is 4.07. The number of hydrogen-bond acceptors (Lipinski definition) is 2. The van der Waals surface area contributed by atoms with Crippen LogP contribution in [0, 0.1) is 11.7 Å². The van der Waals surface area contributed by atoms with Gasteiger partial charge in [0.2, 0.25) is 5.91 Å². The molecular weight excluding hydrogens is 363 g/mol. The molecule has 3 aromatic carbocycles. The Morgan fingerprint density at radius 3 is 2.48 bits per heavy atom. The van der Waals surface area contributed by atoms with Crippen molar-refractivity contribution in [1.82, 2.24) is 10.2 Å². The van der Waals surface area contributed by atoms with E-state index in [1.807, 2.05) is 30.3 Å². The van der Waals surface area contributed by atoms with Gasteiger partial charge in [-0.3, -0.25) is 9.69 Å². The molecule has 1 fully saturated rings. The first-order valence-electron chi connectivity index (χ1n) is 10.4. The maximum absolute atomic E-state index is 13.8. The van der Waals surface area contributed by atoms with Gasteiger partial charge in [-0.15, -0.1) is 0 Å². The lowest BCUT2D eigenvalue weighted by molar-refractivity contribution is -0.120. The molecule has 29 heavy (non-hydrogen) atoms. The van der Waals surface area contributed by atoms with E-state index in [1.165, 1.54) is 16.8 Å². The van der Waals surface area contributed by atoms with Crippen molar-refractivity contribution in [2.75, 3.05) is 19.6 Å². The van der Waals surface area contributed by atoms with Crippen LogP contribution in [0.4, 0.5) is 4.39 Å². The third kappa shape index (κ3) is 5.21. The van der Waals surface area contributed by atoms with E-state index >= 15 is 0 Å². The molecule has 0 aliphatic carbocycles. The van der Waals surface area contributed by atoms with Crippen molar-refractivity contribution in [3.8, 4) is 0 Å². The van der Waals surface area contributed by atoms with Crippen LogP contribution in [0.2, 0.25) is 0 Å². The minimum absolute atomic E-state index is 0.0778. The standard InChI is InChI=1S/C25H27FN2O/c26-24-8-4-3-7-23(24)18-28-13-11-19(12-14-28)17-27-25(29)16-20-9-10-21-5-1-2-6-22(21)15-20/h1-10,15,19H,11-14,16-18H2,(H,27,29). The monoisotopic (exact) mass is 390 g/mol. The number of halogens is 1. The van der Waals surface area contributed by atoms with Crippen LogP contribution in [0.1, 0.15) is 24.0 Å². The molecule has 150 valence electrons. The normalized spacial score (nSPS) is 15.5. The summed E-state index contributed by atoms with van der Waals surface area (Å²) in [5.41, 5.74) is 1.80. The van der Waals surface area contributed by atoms with E-state index in [1.54, 1.807) is 6.07 Å². The molecule has 4 heteroatoms. The Bertz CT molecular complexity index is 979. The number of benzene rings is 3. The number of rotatable bonds is 6. The molecule has 1 aliphatic rings. The molecule has 1 saturated heterocycles. The number of nitrogens with one attached hydrogen (secondary N) is 1. The predicted molar refractivity (Wildman–Crippen MR) is 115 cm³/mol. The molecule has 0 spiro atoms. The lowest BCUT2D eigenvalue weighted by atomic mass is 9.96. The zero-order valence-electron chi connectivity index (χ0n) is 16.6. The molecule has 0 saturated carbocycles. The Hall–Kier alpha value is -2.72. The van der Waals surface area contributed by atoms with Crippen LogP contribution in [-0.4, -0.2) is 30.4 Å². The van der Waals surface area contributed by atoms with Gasteiger partial charge in [0.1, 0.15) is 5.82 Å². The number of carbonyl (C=O) groups is 1. The van der Waals surface area contributed by atoms with Crippen molar-refractivity contribution in [3.05, 3.63) is 83.7 Å². The quantitative estimate of drug-likeness (QED) is 0.670. The summed E-state index contributed by atoms with van der Waals surface area (Å²) in [5, 5.41) is 5.47. The largest absolute Gasteiger partial charge is 0.356 e. The molecule has 1 heterocycles. The summed E-state index contributed by atoms with van der Waals surface area (Å²) >= 11 is 0. The Labute approximate surface area is 171 Å². The van der Waals surface area contributed by atoms with Crippen molar-refractivity contribution in [2.24, 2.45) is 5.92 Å². The van der Waals surface area contributed by atoms with E-state index in [2.05, 4.69) is 34.5 Å². The minimum Gasteiger partial charge on any atom is -0.356 e. The lowest BCUT2D eigenvalue weighted by Gasteiger charge is -2.32. The van der Waals surface area contributed by atoms with E-state index in [4.69, 9.17) is 0 Å². The molecule has 0 atom stereocenters. The van der Waals surface area contributed by atoms with Gasteiger partial charge in [-0.2, -0.15) is 0 Å². The van der Waals surface area contributed by atoms with Gasteiger partial charge in [-0.05, 0) is 54.3 Å². The van der Waals surface area contributed by atoms with E-state index in [0.29, 0.717) is 18.9 Å². The summed E-state index contributed by atoms with van der Waals surface area (Å²) in [7, 11) is 0. The maximum Gasteiger partial charge on any atom is 0.224 e. The molecule has 4 rings (SSSR count). The third-order valence-corrected chi connectivity index (χ3v) is 5.83. The third-order valence-electron chi connectivity index (χ3n) is 5.83. The first kappa shape index (κ1) is 19.6. The number of carbonyl (C=O) groups excluding carboxylic acids is 1. The summed E-state index contributed by atoms with van der Waals surface area (Å²) in [6, 6.07) is 21.4. The molecule has 0 bridgehead atoms. The van der Waals surface area contributed by atoms with Crippen LogP contribution < -0.4 is 5.32 Å². The smallest absolute Gasteiger partial charge is 0.224 e. The number of amides is 1. The molecule has 3 aromatic rings. The van der Waals surface area contributed by atoms with Crippen molar-refractivity contribution in [2.45, 2.75) is 25.8 Å². The minimum atomic E-state index is -0.129. The summed E-state index contributed by atoms with van der Waals surface area (Å²) < 4.78 is 13.8. The second-order valence-corrected chi connectivity index (χ2v) is 7.97. The van der Waals surface area contributed by atoms with E-state index in [9.17, 15) is 9.18 Å². The summed E-state index contributed by atoms with van der Waals surface area (Å²) in [6.45, 7) is 3.27. The molecular formula is C25H27FN2O. The molecule has 0 unspecified atom stereocenters. The molecule has 1 amide bonds. The Morgan fingerprint density at radius 2 is 1.69 bits per heavy atom. The van der Waals surface area contributed by atoms with Crippen molar-refractivity contribution in [3.63, 3.8) is 0 Å². The summed E-state index contributed by atoms with van der Waals surface area (Å²) in [6.07, 6.45) is 2.48. The topological polar surface area (TPSA) is 32.3 Å². The zero-order valence-corrected chi connectivity index (χ0v) is 16.6. The van der Waals surface area contributed by atoms with Gasteiger partial charge < -0.3 is 5.32 Å². The lowest BCUT2D eigenvalue weighted by Crippen LogP contribution is -2.38. The van der Waals surface area contributed by atoms with E-state index < -0.39 is 0 Å².